The van der Waals surface area contributed by atoms with Crippen LogP contribution in [-0.4, -0.2) is 53.3 Å². The highest BCUT2D eigenvalue weighted by atomic mass is 16.5. The van der Waals surface area contributed by atoms with Gasteiger partial charge in [0.15, 0.2) is 5.69 Å². The molecule has 1 aliphatic rings. The van der Waals surface area contributed by atoms with Crippen molar-refractivity contribution in [2.24, 2.45) is 5.10 Å². The zero-order valence-electron chi connectivity index (χ0n) is 14.6. The van der Waals surface area contributed by atoms with Gasteiger partial charge in [-0.1, -0.05) is 6.07 Å². The summed E-state index contributed by atoms with van der Waals surface area (Å²) in [6.45, 7) is 8.69. The van der Waals surface area contributed by atoms with Gasteiger partial charge in [-0.2, -0.15) is 20.5 Å². The van der Waals surface area contributed by atoms with Crippen LogP contribution in [0.4, 0.5) is 5.69 Å². The second-order valence-corrected chi connectivity index (χ2v) is 6.15. The number of rotatable bonds is 4. The molecular weight excluding hydrogens is 320 g/mol. The number of nitrogens with zero attached hydrogens (tertiary/aromatic N) is 4. The van der Waals surface area contributed by atoms with Gasteiger partial charge in [-0.25, -0.2) is 5.43 Å². The van der Waals surface area contributed by atoms with E-state index in [4.69, 9.17) is 4.74 Å². The van der Waals surface area contributed by atoms with E-state index in [0.717, 1.165) is 25.3 Å². The summed E-state index contributed by atoms with van der Waals surface area (Å²) in [4.78, 5) is 14.2. The van der Waals surface area contributed by atoms with Crippen molar-refractivity contribution in [2.75, 3.05) is 24.7 Å². The molecule has 8 nitrogen and oxygen atoms in total. The molecule has 1 atom stereocenters. The normalized spacial score (nSPS) is 17.9. The predicted octanol–water partition coefficient (Wildman–Crippen LogP) is 1.41. The van der Waals surface area contributed by atoms with Gasteiger partial charge in [-0.15, -0.1) is 0 Å². The van der Waals surface area contributed by atoms with E-state index in [-0.39, 0.29) is 5.69 Å². The van der Waals surface area contributed by atoms with Gasteiger partial charge in [-0.05, 0) is 43.5 Å². The summed E-state index contributed by atoms with van der Waals surface area (Å²) in [6, 6.07) is 4.47. The Morgan fingerprint density at radius 3 is 3.04 bits per heavy atom. The van der Waals surface area contributed by atoms with Crippen LogP contribution < -0.4 is 10.3 Å². The monoisotopic (exact) mass is 342 g/mol. The minimum absolute atomic E-state index is 0.195. The van der Waals surface area contributed by atoms with Gasteiger partial charge >= 0.3 is 0 Å². The van der Waals surface area contributed by atoms with E-state index in [0.29, 0.717) is 6.04 Å². The van der Waals surface area contributed by atoms with Crippen LogP contribution in [0.25, 0.3) is 0 Å². The molecule has 1 fully saturated rings. The molecule has 0 aliphatic carbocycles. The number of carbonyl (C=O) groups is 1. The highest BCUT2D eigenvalue weighted by Crippen LogP contribution is 2.27. The number of aryl methyl sites for hydroxylation is 1. The van der Waals surface area contributed by atoms with Gasteiger partial charge in [0.2, 0.25) is 0 Å². The molecule has 1 aromatic carbocycles. The third-order valence-electron chi connectivity index (χ3n) is 4.37. The van der Waals surface area contributed by atoms with E-state index in [1.165, 1.54) is 23.0 Å². The fraction of sp³-hybridized carbons (Fsp3) is 0.412. The van der Waals surface area contributed by atoms with Crippen molar-refractivity contribution < 1.29 is 9.53 Å². The van der Waals surface area contributed by atoms with E-state index in [1.54, 1.807) is 6.21 Å². The first-order chi connectivity index (χ1) is 12.1. The Kier molecular flexibility index (Phi) is 5.08. The number of nitrogens with one attached hydrogen (secondary N) is 2. The van der Waals surface area contributed by atoms with E-state index in [9.17, 15) is 4.79 Å². The quantitative estimate of drug-likeness (QED) is 0.647. The summed E-state index contributed by atoms with van der Waals surface area (Å²) < 4.78 is 5.53. The molecule has 2 aromatic rings. The Labute approximate surface area is 146 Å². The third kappa shape index (κ3) is 3.85. The lowest BCUT2D eigenvalue weighted by molar-refractivity contribution is 0.0950. The van der Waals surface area contributed by atoms with Gasteiger partial charge in [0.05, 0.1) is 25.6 Å². The van der Waals surface area contributed by atoms with Crippen LogP contribution in [-0.2, 0) is 4.74 Å². The Morgan fingerprint density at radius 1 is 1.48 bits per heavy atom. The summed E-state index contributed by atoms with van der Waals surface area (Å²) >= 11 is 0. The van der Waals surface area contributed by atoms with Crippen LogP contribution in [0.2, 0.25) is 0 Å². The van der Waals surface area contributed by atoms with E-state index < -0.39 is 5.91 Å². The highest BCUT2D eigenvalue weighted by molar-refractivity contribution is 5.92. The fourth-order valence-electron chi connectivity index (χ4n) is 2.86. The minimum Gasteiger partial charge on any atom is -0.377 e. The molecule has 0 radical (unpaired) electrons. The highest BCUT2D eigenvalue weighted by Gasteiger charge is 2.21. The van der Waals surface area contributed by atoms with Crippen molar-refractivity contribution in [1.82, 2.24) is 20.8 Å². The Balaban J connectivity index is 1.77. The van der Waals surface area contributed by atoms with Gasteiger partial charge in [0.1, 0.15) is 0 Å². The summed E-state index contributed by atoms with van der Waals surface area (Å²) in [5.41, 5.74) is 7.18. The first-order valence-electron chi connectivity index (χ1n) is 8.21. The number of anilines is 1. The molecule has 0 saturated carbocycles. The number of hydrogen-bond donors (Lipinski definition) is 2. The summed E-state index contributed by atoms with van der Waals surface area (Å²) in [7, 11) is 0. The third-order valence-corrected chi connectivity index (χ3v) is 4.37. The number of ether oxygens (including phenoxy) is 1. The molecule has 1 aliphatic heterocycles. The maximum Gasteiger partial charge on any atom is 0.293 e. The zero-order valence-corrected chi connectivity index (χ0v) is 14.6. The number of hydrogen-bond acceptors (Lipinski definition) is 6. The van der Waals surface area contributed by atoms with Gasteiger partial charge in [0.25, 0.3) is 5.91 Å². The maximum atomic E-state index is 11.8. The Bertz CT molecular complexity index is 772. The Morgan fingerprint density at radius 2 is 2.32 bits per heavy atom. The molecule has 1 amide bonds. The second kappa shape index (κ2) is 7.43. The molecule has 2 heterocycles. The molecule has 0 bridgehead atoms. The Hall–Kier alpha value is -2.74. The van der Waals surface area contributed by atoms with Crippen molar-refractivity contribution in [1.29, 1.82) is 0 Å². The number of amides is 1. The molecule has 0 spiro atoms. The van der Waals surface area contributed by atoms with Gasteiger partial charge in [-0.3, -0.25) is 4.79 Å². The lowest BCUT2D eigenvalue weighted by atomic mass is 10.0. The molecule has 8 heteroatoms. The zero-order chi connectivity index (χ0) is 17.8. The van der Waals surface area contributed by atoms with Crippen molar-refractivity contribution in [3.63, 3.8) is 0 Å². The van der Waals surface area contributed by atoms with Gasteiger partial charge < -0.3 is 9.64 Å². The number of aromatic nitrogens is 3. The molecule has 25 heavy (non-hydrogen) atoms. The standard InChI is InChI=1S/C17H22N6O2/c1-11-6-14(8-18-21-17(24)15-9-19-22-20-15)7-16(13(11)3)23-4-5-25-10-12(23)2/h6-9,12H,4-5,10H2,1-3H3,(H,21,24)(H,19,20,22)/b18-8+. The number of carbonyl (C=O) groups excluding carboxylic acids is 1. The van der Waals surface area contributed by atoms with Gasteiger partial charge in [0, 0.05) is 18.3 Å². The smallest absolute Gasteiger partial charge is 0.293 e. The minimum atomic E-state index is -0.407. The molecule has 3 rings (SSSR count). The topological polar surface area (TPSA) is 95.5 Å². The number of H-pyrrole nitrogens is 1. The van der Waals surface area contributed by atoms with Crippen molar-refractivity contribution >= 4 is 17.8 Å². The fourth-order valence-corrected chi connectivity index (χ4v) is 2.86. The second-order valence-electron chi connectivity index (χ2n) is 6.15. The summed E-state index contributed by atoms with van der Waals surface area (Å²) in [6.07, 6.45) is 2.98. The van der Waals surface area contributed by atoms with E-state index >= 15 is 0 Å². The van der Waals surface area contributed by atoms with Crippen LogP contribution in [0, 0.1) is 13.8 Å². The predicted molar refractivity (Wildman–Crippen MR) is 95.0 cm³/mol. The first kappa shape index (κ1) is 17.1. The average Bonchev–Trinajstić information content (AvgIpc) is 3.13. The molecule has 1 unspecified atom stereocenters. The van der Waals surface area contributed by atoms with Crippen molar-refractivity contribution in [2.45, 2.75) is 26.8 Å². The van der Waals surface area contributed by atoms with Crippen LogP contribution >= 0.6 is 0 Å². The lowest BCUT2D eigenvalue weighted by Crippen LogP contribution is -2.44. The lowest BCUT2D eigenvalue weighted by Gasteiger charge is -2.36. The number of aromatic amines is 1. The van der Waals surface area contributed by atoms with E-state index in [1.807, 2.05) is 0 Å². The SMILES string of the molecule is Cc1cc(/C=N/NC(=O)c2cn[nH]n2)cc(N2CCOCC2C)c1C. The summed E-state index contributed by atoms with van der Waals surface area (Å²) in [5, 5.41) is 13.7. The molecular formula is C17H22N6O2. The number of benzene rings is 1. The molecule has 1 saturated heterocycles. The summed E-state index contributed by atoms with van der Waals surface area (Å²) in [5.74, 6) is -0.407. The molecule has 2 N–H and O–H groups in total. The van der Waals surface area contributed by atoms with Crippen LogP contribution in [0.1, 0.15) is 34.1 Å². The average molecular weight is 342 g/mol. The number of morpholine rings is 1. The number of hydrazone groups is 1. The van der Waals surface area contributed by atoms with Crippen LogP contribution in [0.3, 0.4) is 0 Å². The van der Waals surface area contributed by atoms with Crippen LogP contribution in [0.15, 0.2) is 23.4 Å². The molecule has 1 aromatic heterocycles. The molecule has 132 valence electrons. The van der Waals surface area contributed by atoms with Crippen molar-refractivity contribution in [3.8, 4) is 0 Å². The van der Waals surface area contributed by atoms with Crippen molar-refractivity contribution in [3.05, 3.63) is 40.7 Å². The van der Waals surface area contributed by atoms with Crippen LogP contribution in [0.5, 0.6) is 0 Å². The maximum absolute atomic E-state index is 11.8. The first-order valence-corrected chi connectivity index (χ1v) is 8.21. The van der Waals surface area contributed by atoms with E-state index in [2.05, 4.69) is 63.7 Å². The largest absolute Gasteiger partial charge is 0.377 e.